The summed E-state index contributed by atoms with van der Waals surface area (Å²) in [5.74, 6) is 0. The van der Waals surface area contributed by atoms with Gasteiger partial charge in [0.2, 0.25) is 0 Å². The van der Waals surface area contributed by atoms with Gasteiger partial charge < -0.3 is 10.1 Å². The van der Waals surface area contributed by atoms with Crippen molar-refractivity contribution in [3.63, 3.8) is 0 Å². The number of hydrogen-bond donors (Lipinski definition) is 1. The predicted molar refractivity (Wildman–Crippen MR) is 84.2 cm³/mol. The molecule has 1 fully saturated rings. The third-order valence-electron chi connectivity index (χ3n) is 4.17. The van der Waals surface area contributed by atoms with Gasteiger partial charge in [-0.25, -0.2) is 0 Å². The molecule has 20 heavy (non-hydrogen) atoms. The van der Waals surface area contributed by atoms with E-state index in [0.29, 0.717) is 12.1 Å². The molecule has 0 aliphatic carbocycles. The van der Waals surface area contributed by atoms with Crippen LogP contribution in [-0.4, -0.2) is 43.8 Å². The number of aryl methyl sites for hydroxylation is 2. The highest BCUT2D eigenvalue weighted by molar-refractivity contribution is 5.37. The molecule has 1 aromatic rings. The van der Waals surface area contributed by atoms with Gasteiger partial charge in [-0.2, -0.15) is 0 Å². The van der Waals surface area contributed by atoms with Crippen LogP contribution in [0.4, 0.5) is 0 Å². The Labute approximate surface area is 123 Å². The van der Waals surface area contributed by atoms with E-state index in [4.69, 9.17) is 4.74 Å². The molecule has 0 saturated carbocycles. The van der Waals surface area contributed by atoms with Crippen LogP contribution in [0.15, 0.2) is 18.2 Å². The third kappa shape index (κ3) is 3.40. The van der Waals surface area contributed by atoms with Crippen LogP contribution in [-0.2, 0) is 4.74 Å². The maximum atomic E-state index is 6.07. The molecule has 112 valence electrons. The zero-order valence-electron chi connectivity index (χ0n) is 13.4. The lowest BCUT2D eigenvalue weighted by Crippen LogP contribution is -2.48. The molecule has 2 rings (SSSR count). The fourth-order valence-corrected chi connectivity index (χ4v) is 3.08. The first-order valence-corrected chi connectivity index (χ1v) is 7.62. The van der Waals surface area contributed by atoms with E-state index in [-0.39, 0.29) is 6.10 Å². The van der Waals surface area contributed by atoms with Gasteiger partial charge in [-0.05, 0) is 37.6 Å². The summed E-state index contributed by atoms with van der Waals surface area (Å²) in [5, 5.41) is 3.52. The average molecular weight is 276 g/mol. The number of rotatable bonds is 4. The van der Waals surface area contributed by atoms with Gasteiger partial charge in [0, 0.05) is 19.1 Å². The van der Waals surface area contributed by atoms with Gasteiger partial charge in [0.1, 0.15) is 0 Å². The molecule has 1 aliphatic heterocycles. The van der Waals surface area contributed by atoms with Crippen LogP contribution >= 0.6 is 0 Å². The first-order valence-electron chi connectivity index (χ1n) is 7.62. The van der Waals surface area contributed by atoms with Gasteiger partial charge in [-0.3, -0.25) is 4.90 Å². The summed E-state index contributed by atoms with van der Waals surface area (Å²) in [6.07, 6.45) is 0.218. The minimum atomic E-state index is 0.218. The van der Waals surface area contributed by atoms with Crippen molar-refractivity contribution >= 4 is 0 Å². The minimum Gasteiger partial charge on any atom is -0.374 e. The SMILES string of the molecule is Cc1cccc(C)c1C1C(CNC(C)C)OCCN1C. The van der Waals surface area contributed by atoms with E-state index >= 15 is 0 Å². The van der Waals surface area contributed by atoms with Gasteiger partial charge in [0.05, 0.1) is 18.8 Å². The van der Waals surface area contributed by atoms with Crippen molar-refractivity contribution in [2.75, 3.05) is 26.7 Å². The molecule has 1 aromatic carbocycles. The van der Waals surface area contributed by atoms with E-state index in [1.54, 1.807) is 0 Å². The second kappa shape index (κ2) is 6.70. The largest absolute Gasteiger partial charge is 0.374 e. The fraction of sp³-hybridized carbons (Fsp3) is 0.647. The maximum Gasteiger partial charge on any atom is 0.0896 e. The Balaban J connectivity index is 2.27. The lowest BCUT2D eigenvalue weighted by molar-refractivity contribution is -0.0623. The molecule has 0 bridgehead atoms. The highest BCUT2D eigenvalue weighted by Crippen LogP contribution is 2.32. The summed E-state index contributed by atoms with van der Waals surface area (Å²) in [5.41, 5.74) is 4.16. The first kappa shape index (κ1) is 15.5. The van der Waals surface area contributed by atoms with Crippen molar-refractivity contribution in [2.45, 2.75) is 45.9 Å². The number of morpholine rings is 1. The van der Waals surface area contributed by atoms with Crippen LogP contribution in [0.1, 0.15) is 36.6 Å². The van der Waals surface area contributed by atoms with Gasteiger partial charge in [-0.1, -0.05) is 32.0 Å². The van der Waals surface area contributed by atoms with Crippen LogP contribution < -0.4 is 5.32 Å². The number of nitrogens with zero attached hydrogens (tertiary/aromatic N) is 1. The highest BCUT2D eigenvalue weighted by Gasteiger charge is 2.33. The minimum absolute atomic E-state index is 0.218. The molecular formula is C17H28N2O. The monoisotopic (exact) mass is 276 g/mol. The van der Waals surface area contributed by atoms with Crippen LogP contribution in [0.25, 0.3) is 0 Å². The van der Waals surface area contributed by atoms with E-state index in [1.165, 1.54) is 16.7 Å². The average Bonchev–Trinajstić information content (AvgIpc) is 2.38. The molecule has 0 radical (unpaired) electrons. The van der Waals surface area contributed by atoms with E-state index in [0.717, 1.165) is 19.7 Å². The quantitative estimate of drug-likeness (QED) is 0.915. The van der Waals surface area contributed by atoms with Gasteiger partial charge in [0.25, 0.3) is 0 Å². The third-order valence-corrected chi connectivity index (χ3v) is 4.17. The topological polar surface area (TPSA) is 24.5 Å². The van der Waals surface area contributed by atoms with E-state index in [9.17, 15) is 0 Å². The predicted octanol–water partition coefficient (Wildman–Crippen LogP) is 2.67. The number of likely N-dealkylation sites (N-methyl/N-ethyl adjacent to an activating group) is 1. The summed E-state index contributed by atoms with van der Waals surface area (Å²) in [7, 11) is 2.21. The molecule has 1 aliphatic rings. The summed E-state index contributed by atoms with van der Waals surface area (Å²) in [6.45, 7) is 11.5. The van der Waals surface area contributed by atoms with Crippen molar-refractivity contribution in [1.82, 2.24) is 10.2 Å². The Bertz CT molecular complexity index is 424. The summed E-state index contributed by atoms with van der Waals surface area (Å²) >= 11 is 0. The smallest absolute Gasteiger partial charge is 0.0896 e. The van der Waals surface area contributed by atoms with Crippen LogP contribution in [0.5, 0.6) is 0 Å². The molecule has 1 heterocycles. The van der Waals surface area contributed by atoms with Gasteiger partial charge in [0.15, 0.2) is 0 Å². The Morgan fingerprint density at radius 3 is 2.55 bits per heavy atom. The van der Waals surface area contributed by atoms with Gasteiger partial charge in [-0.15, -0.1) is 0 Å². The molecule has 0 aromatic heterocycles. The Morgan fingerprint density at radius 2 is 1.95 bits per heavy atom. The summed E-state index contributed by atoms with van der Waals surface area (Å²) < 4.78 is 6.07. The van der Waals surface area contributed by atoms with E-state index < -0.39 is 0 Å². The van der Waals surface area contributed by atoms with Crippen molar-refractivity contribution in [3.05, 3.63) is 34.9 Å². The molecule has 0 spiro atoms. The van der Waals surface area contributed by atoms with Crippen LogP contribution in [0, 0.1) is 13.8 Å². The lowest BCUT2D eigenvalue weighted by Gasteiger charge is -2.41. The Hall–Kier alpha value is -0.900. The Morgan fingerprint density at radius 1 is 1.30 bits per heavy atom. The number of hydrogen-bond acceptors (Lipinski definition) is 3. The first-order chi connectivity index (χ1) is 9.50. The molecule has 1 saturated heterocycles. The zero-order chi connectivity index (χ0) is 14.7. The van der Waals surface area contributed by atoms with Crippen molar-refractivity contribution < 1.29 is 4.74 Å². The molecule has 2 unspecified atom stereocenters. The Kier molecular flexibility index (Phi) is 5.19. The molecule has 1 N–H and O–H groups in total. The van der Waals surface area contributed by atoms with E-state index in [2.05, 4.69) is 63.2 Å². The number of ether oxygens (including phenoxy) is 1. The fourth-order valence-electron chi connectivity index (χ4n) is 3.08. The lowest BCUT2D eigenvalue weighted by atomic mass is 9.90. The standard InChI is InChI=1S/C17H28N2O/c1-12(2)18-11-15-17(19(5)9-10-20-15)16-13(3)7-6-8-14(16)4/h6-8,12,15,17-18H,9-11H2,1-5H3. The number of benzene rings is 1. The summed E-state index contributed by atoms with van der Waals surface area (Å²) in [6, 6.07) is 7.38. The van der Waals surface area contributed by atoms with Crippen molar-refractivity contribution in [2.24, 2.45) is 0 Å². The van der Waals surface area contributed by atoms with Crippen molar-refractivity contribution in [1.29, 1.82) is 0 Å². The maximum absolute atomic E-state index is 6.07. The van der Waals surface area contributed by atoms with Crippen LogP contribution in [0.2, 0.25) is 0 Å². The molecular weight excluding hydrogens is 248 g/mol. The molecule has 3 nitrogen and oxygen atoms in total. The molecule has 2 atom stereocenters. The van der Waals surface area contributed by atoms with Gasteiger partial charge >= 0.3 is 0 Å². The highest BCUT2D eigenvalue weighted by atomic mass is 16.5. The number of nitrogens with one attached hydrogen (secondary N) is 1. The molecule has 3 heteroatoms. The molecule has 0 amide bonds. The second-order valence-corrected chi connectivity index (χ2v) is 6.20. The van der Waals surface area contributed by atoms with Crippen molar-refractivity contribution in [3.8, 4) is 0 Å². The van der Waals surface area contributed by atoms with Crippen LogP contribution in [0.3, 0.4) is 0 Å². The normalized spacial score (nSPS) is 24.3. The zero-order valence-corrected chi connectivity index (χ0v) is 13.4. The second-order valence-electron chi connectivity index (χ2n) is 6.20. The summed E-state index contributed by atoms with van der Waals surface area (Å²) in [4.78, 5) is 2.44. The van der Waals surface area contributed by atoms with E-state index in [1.807, 2.05) is 0 Å².